The summed E-state index contributed by atoms with van der Waals surface area (Å²) >= 11 is 6.30. The summed E-state index contributed by atoms with van der Waals surface area (Å²) in [6, 6.07) is 7.83. The van der Waals surface area contributed by atoms with Crippen LogP contribution in [0.5, 0.6) is 5.75 Å². The molecule has 1 aliphatic rings. The van der Waals surface area contributed by atoms with E-state index in [2.05, 4.69) is 15.0 Å². The lowest BCUT2D eigenvalue weighted by atomic mass is 10.2. The fourth-order valence-corrected chi connectivity index (χ4v) is 3.39. The molecule has 0 aliphatic carbocycles. The second-order valence-electron chi connectivity index (χ2n) is 5.82. The number of methoxy groups -OCH3 is 1. The van der Waals surface area contributed by atoms with Gasteiger partial charge in [-0.05, 0) is 24.1 Å². The van der Waals surface area contributed by atoms with Crippen LogP contribution in [0.2, 0.25) is 5.15 Å². The molecule has 128 valence electrons. The van der Waals surface area contributed by atoms with Crippen molar-refractivity contribution in [3.05, 3.63) is 52.3 Å². The third kappa shape index (κ3) is 2.56. The highest BCUT2D eigenvalue weighted by atomic mass is 35.5. The Labute approximate surface area is 148 Å². The van der Waals surface area contributed by atoms with Crippen molar-refractivity contribution >= 4 is 29.0 Å². The van der Waals surface area contributed by atoms with Gasteiger partial charge in [-0.3, -0.25) is 0 Å². The highest BCUT2D eigenvalue weighted by Crippen LogP contribution is 2.34. The molecule has 3 heterocycles. The fraction of sp³-hybridized carbons (Fsp3) is 0.235. The normalized spacial score (nSPS) is 13.3. The molecule has 0 atom stereocenters. The molecule has 4 rings (SSSR count). The van der Waals surface area contributed by atoms with E-state index < -0.39 is 5.97 Å². The summed E-state index contributed by atoms with van der Waals surface area (Å²) in [5, 5.41) is 13.9. The molecular formula is C17H15ClN4O3. The van der Waals surface area contributed by atoms with Gasteiger partial charge in [0.05, 0.1) is 13.3 Å². The number of rotatable bonds is 4. The Hall–Kier alpha value is -2.80. The van der Waals surface area contributed by atoms with Crippen molar-refractivity contribution in [3.63, 3.8) is 0 Å². The van der Waals surface area contributed by atoms with Gasteiger partial charge in [0.1, 0.15) is 22.3 Å². The maximum Gasteiger partial charge on any atom is 0.341 e. The third-order valence-electron chi connectivity index (χ3n) is 4.36. The number of fused-ring (bicyclic) bond motifs is 3. The highest BCUT2D eigenvalue weighted by molar-refractivity contribution is 6.30. The van der Waals surface area contributed by atoms with Crippen LogP contribution in [0.3, 0.4) is 0 Å². The number of aromatic nitrogens is 3. The molecule has 0 bridgehead atoms. The number of carbonyl (C=O) groups is 1. The van der Waals surface area contributed by atoms with Crippen LogP contribution in [0.1, 0.15) is 21.5 Å². The molecule has 25 heavy (non-hydrogen) atoms. The summed E-state index contributed by atoms with van der Waals surface area (Å²) < 4.78 is 6.76. The minimum atomic E-state index is -1.07. The lowest BCUT2D eigenvalue weighted by Gasteiger charge is -2.20. The number of anilines is 1. The summed E-state index contributed by atoms with van der Waals surface area (Å²) in [5.74, 6) is 0.537. The second-order valence-corrected chi connectivity index (χ2v) is 6.18. The molecule has 0 radical (unpaired) electrons. The molecule has 0 saturated carbocycles. The smallest absolute Gasteiger partial charge is 0.341 e. The molecule has 0 unspecified atom stereocenters. The van der Waals surface area contributed by atoms with E-state index in [4.69, 9.17) is 16.3 Å². The summed E-state index contributed by atoms with van der Waals surface area (Å²) in [6.45, 7) is 1.43. The van der Waals surface area contributed by atoms with Gasteiger partial charge >= 0.3 is 5.97 Å². The van der Waals surface area contributed by atoms with Crippen LogP contribution >= 0.6 is 11.6 Å². The number of carboxylic acid groups (broad SMARTS) is 1. The van der Waals surface area contributed by atoms with E-state index in [-0.39, 0.29) is 11.2 Å². The topological polar surface area (TPSA) is 80.0 Å². The molecule has 7 nitrogen and oxygen atoms in total. The average molecular weight is 359 g/mol. The zero-order chi connectivity index (χ0) is 17.6. The predicted octanol–water partition coefficient (Wildman–Crippen LogP) is 2.65. The number of halogens is 1. The SMILES string of the molecule is COc1ccc(CN2CCc3c(Cl)nc4c(C(=O)O)cnn4c32)cc1. The maximum atomic E-state index is 11.4. The van der Waals surface area contributed by atoms with Crippen molar-refractivity contribution in [2.24, 2.45) is 0 Å². The van der Waals surface area contributed by atoms with Gasteiger partial charge in [0, 0.05) is 18.7 Å². The Morgan fingerprint density at radius 3 is 2.80 bits per heavy atom. The first-order chi connectivity index (χ1) is 12.1. The van der Waals surface area contributed by atoms with E-state index >= 15 is 0 Å². The van der Waals surface area contributed by atoms with Gasteiger partial charge in [0.15, 0.2) is 5.65 Å². The van der Waals surface area contributed by atoms with Crippen LogP contribution in [0.25, 0.3) is 5.65 Å². The number of nitrogens with zero attached hydrogens (tertiary/aromatic N) is 4. The van der Waals surface area contributed by atoms with Gasteiger partial charge in [0.25, 0.3) is 0 Å². The molecule has 0 fully saturated rings. The van der Waals surface area contributed by atoms with Crippen LogP contribution in [-0.2, 0) is 13.0 Å². The minimum Gasteiger partial charge on any atom is -0.497 e. The van der Waals surface area contributed by atoms with Gasteiger partial charge in [-0.15, -0.1) is 0 Å². The third-order valence-corrected chi connectivity index (χ3v) is 4.67. The first kappa shape index (κ1) is 15.7. The van der Waals surface area contributed by atoms with E-state index in [9.17, 15) is 9.90 Å². The number of carboxylic acids is 1. The Morgan fingerprint density at radius 1 is 1.36 bits per heavy atom. The van der Waals surface area contributed by atoms with Gasteiger partial charge in [-0.25, -0.2) is 9.78 Å². The van der Waals surface area contributed by atoms with Crippen LogP contribution < -0.4 is 9.64 Å². The molecule has 0 saturated heterocycles. The molecule has 2 aromatic heterocycles. The Bertz CT molecular complexity index is 968. The van der Waals surface area contributed by atoms with Crippen molar-refractivity contribution in [1.29, 1.82) is 0 Å². The second kappa shape index (κ2) is 5.93. The van der Waals surface area contributed by atoms with E-state index in [1.807, 2.05) is 24.3 Å². The molecule has 8 heteroatoms. The summed E-state index contributed by atoms with van der Waals surface area (Å²) in [7, 11) is 1.63. The molecule has 1 N–H and O–H groups in total. The lowest BCUT2D eigenvalue weighted by Crippen LogP contribution is -2.22. The van der Waals surface area contributed by atoms with Crippen molar-refractivity contribution in [1.82, 2.24) is 14.6 Å². The van der Waals surface area contributed by atoms with E-state index in [0.29, 0.717) is 11.7 Å². The van der Waals surface area contributed by atoms with Gasteiger partial charge in [0.2, 0.25) is 0 Å². The van der Waals surface area contributed by atoms with Crippen molar-refractivity contribution in [2.45, 2.75) is 13.0 Å². The number of hydrogen-bond donors (Lipinski definition) is 1. The highest BCUT2D eigenvalue weighted by Gasteiger charge is 2.28. The van der Waals surface area contributed by atoms with Gasteiger partial charge < -0.3 is 14.7 Å². The number of aromatic carboxylic acids is 1. The molecule has 3 aromatic rings. The van der Waals surface area contributed by atoms with E-state index in [0.717, 1.165) is 35.7 Å². The number of hydrogen-bond acceptors (Lipinski definition) is 5. The zero-order valence-corrected chi connectivity index (χ0v) is 14.2. The maximum absolute atomic E-state index is 11.4. The molecule has 0 spiro atoms. The fourth-order valence-electron chi connectivity index (χ4n) is 3.13. The number of benzene rings is 1. The zero-order valence-electron chi connectivity index (χ0n) is 13.4. The van der Waals surface area contributed by atoms with E-state index in [1.54, 1.807) is 11.6 Å². The summed E-state index contributed by atoms with van der Waals surface area (Å²) in [6.07, 6.45) is 2.06. The summed E-state index contributed by atoms with van der Waals surface area (Å²) in [5.41, 5.74) is 2.31. The van der Waals surface area contributed by atoms with Crippen LogP contribution in [-0.4, -0.2) is 39.3 Å². The first-order valence-electron chi connectivity index (χ1n) is 7.75. The molecule has 1 aromatic carbocycles. The predicted molar refractivity (Wildman–Crippen MR) is 92.7 cm³/mol. The molecular weight excluding hydrogens is 344 g/mol. The monoisotopic (exact) mass is 358 g/mol. The average Bonchev–Trinajstić information content (AvgIpc) is 3.20. The first-order valence-corrected chi connectivity index (χ1v) is 8.13. The quantitative estimate of drug-likeness (QED) is 0.722. The Morgan fingerprint density at radius 2 is 2.12 bits per heavy atom. The van der Waals surface area contributed by atoms with Gasteiger partial charge in [-0.1, -0.05) is 23.7 Å². The van der Waals surface area contributed by atoms with Crippen molar-refractivity contribution in [3.8, 4) is 5.75 Å². The molecule has 0 amide bonds. The summed E-state index contributed by atoms with van der Waals surface area (Å²) in [4.78, 5) is 17.7. The van der Waals surface area contributed by atoms with Crippen LogP contribution in [0.15, 0.2) is 30.5 Å². The Kier molecular flexibility index (Phi) is 3.73. The number of ether oxygens (including phenoxy) is 1. The van der Waals surface area contributed by atoms with Gasteiger partial charge in [-0.2, -0.15) is 9.61 Å². The van der Waals surface area contributed by atoms with Crippen molar-refractivity contribution in [2.75, 3.05) is 18.6 Å². The molecule has 1 aliphatic heterocycles. The Balaban J connectivity index is 1.76. The van der Waals surface area contributed by atoms with Crippen LogP contribution in [0.4, 0.5) is 5.82 Å². The lowest BCUT2D eigenvalue weighted by molar-refractivity contribution is 0.0699. The standard InChI is InChI=1S/C17H15ClN4O3/c1-25-11-4-2-10(3-5-11)9-21-7-6-12-14(18)20-15-13(17(23)24)8-19-22(15)16(12)21/h2-5,8H,6-7,9H2,1H3,(H,23,24). The van der Waals surface area contributed by atoms with Crippen molar-refractivity contribution < 1.29 is 14.6 Å². The largest absolute Gasteiger partial charge is 0.497 e. The minimum absolute atomic E-state index is 0.0426. The van der Waals surface area contributed by atoms with Crippen LogP contribution in [0, 0.1) is 0 Å². The van der Waals surface area contributed by atoms with E-state index in [1.165, 1.54) is 6.20 Å².